The van der Waals surface area contributed by atoms with Gasteiger partial charge in [-0.25, -0.2) is 0 Å². The maximum Gasteiger partial charge on any atom is 0.387 e. The van der Waals surface area contributed by atoms with Crippen molar-refractivity contribution in [3.05, 3.63) is 53.1 Å². The molecule has 0 atom stereocenters. The summed E-state index contributed by atoms with van der Waals surface area (Å²) in [6.07, 6.45) is 0.358. The zero-order valence-corrected chi connectivity index (χ0v) is 15.6. The third-order valence-electron chi connectivity index (χ3n) is 3.35. The van der Waals surface area contributed by atoms with E-state index in [4.69, 9.17) is 16.3 Å². The molecule has 0 heterocycles. The standard InChI is InChI=1S/C18H18ClF2NO3S/c1-24-16-10-12(2-7-15(16)25-18(20)21)11-22-17(23)8-9-26-14-5-3-13(19)4-6-14/h2-7,10,18H,8-9,11H2,1H3,(H,22,23). The van der Waals surface area contributed by atoms with E-state index in [2.05, 4.69) is 10.1 Å². The number of alkyl halides is 2. The smallest absolute Gasteiger partial charge is 0.387 e. The van der Waals surface area contributed by atoms with Crippen molar-refractivity contribution < 1.29 is 23.0 Å². The Morgan fingerprint density at radius 1 is 1.19 bits per heavy atom. The topological polar surface area (TPSA) is 47.6 Å². The average molecular weight is 402 g/mol. The van der Waals surface area contributed by atoms with Gasteiger partial charge in [-0.05, 0) is 42.0 Å². The first-order chi connectivity index (χ1) is 12.5. The highest BCUT2D eigenvalue weighted by molar-refractivity contribution is 7.99. The fourth-order valence-corrected chi connectivity index (χ4v) is 3.07. The zero-order chi connectivity index (χ0) is 18.9. The van der Waals surface area contributed by atoms with Gasteiger partial charge in [-0.2, -0.15) is 8.78 Å². The Balaban J connectivity index is 1.78. The number of benzene rings is 2. The number of hydrogen-bond donors (Lipinski definition) is 1. The van der Waals surface area contributed by atoms with Gasteiger partial charge in [0.2, 0.25) is 5.91 Å². The highest BCUT2D eigenvalue weighted by Gasteiger charge is 2.11. The van der Waals surface area contributed by atoms with Crippen LogP contribution >= 0.6 is 23.4 Å². The van der Waals surface area contributed by atoms with Crippen molar-refractivity contribution in [3.8, 4) is 11.5 Å². The van der Waals surface area contributed by atoms with E-state index < -0.39 is 6.61 Å². The minimum Gasteiger partial charge on any atom is -0.493 e. The van der Waals surface area contributed by atoms with E-state index >= 15 is 0 Å². The number of rotatable bonds is 9. The second kappa shape index (κ2) is 10.2. The molecule has 8 heteroatoms. The summed E-state index contributed by atoms with van der Waals surface area (Å²) in [4.78, 5) is 13.0. The van der Waals surface area contributed by atoms with Crippen LogP contribution in [0.2, 0.25) is 5.02 Å². The summed E-state index contributed by atoms with van der Waals surface area (Å²) in [5, 5.41) is 3.46. The molecule has 0 aliphatic carbocycles. The molecule has 0 spiro atoms. The lowest BCUT2D eigenvalue weighted by Crippen LogP contribution is -2.23. The summed E-state index contributed by atoms with van der Waals surface area (Å²) in [7, 11) is 1.37. The predicted molar refractivity (Wildman–Crippen MR) is 98.3 cm³/mol. The Bertz CT molecular complexity index is 729. The van der Waals surface area contributed by atoms with Gasteiger partial charge in [-0.3, -0.25) is 4.79 Å². The van der Waals surface area contributed by atoms with Crippen LogP contribution in [0.5, 0.6) is 11.5 Å². The van der Waals surface area contributed by atoms with Crippen LogP contribution in [-0.2, 0) is 11.3 Å². The Morgan fingerprint density at radius 3 is 2.58 bits per heavy atom. The second-order valence-corrected chi connectivity index (χ2v) is 6.80. The number of amides is 1. The average Bonchev–Trinajstić information content (AvgIpc) is 2.62. The van der Waals surface area contributed by atoms with E-state index in [9.17, 15) is 13.6 Å². The first-order valence-corrected chi connectivity index (χ1v) is 9.11. The third-order valence-corrected chi connectivity index (χ3v) is 4.61. The molecule has 0 unspecified atom stereocenters. The van der Waals surface area contributed by atoms with E-state index in [1.807, 2.05) is 12.1 Å². The van der Waals surface area contributed by atoms with E-state index in [0.717, 1.165) is 10.5 Å². The monoisotopic (exact) mass is 401 g/mol. The molecule has 140 valence electrons. The van der Waals surface area contributed by atoms with Crippen LogP contribution in [0.25, 0.3) is 0 Å². The van der Waals surface area contributed by atoms with Crippen molar-refractivity contribution >= 4 is 29.3 Å². The number of hydrogen-bond acceptors (Lipinski definition) is 4. The molecule has 1 N–H and O–H groups in total. The first-order valence-electron chi connectivity index (χ1n) is 7.74. The predicted octanol–water partition coefficient (Wildman–Crippen LogP) is 4.75. The summed E-state index contributed by atoms with van der Waals surface area (Å²) < 4.78 is 34.0. The van der Waals surface area contributed by atoms with Crippen molar-refractivity contribution in [3.63, 3.8) is 0 Å². The van der Waals surface area contributed by atoms with Crippen LogP contribution in [0.1, 0.15) is 12.0 Å². The van der Waals surface area contributed by atoms with Gasteiger partial charge in [0.15, 0.2) is 11.5 Å². The number of ether oxygens (including phenoxy) is 2. The zero-order valence-electron chi connectivity index (χ0n) is 14.0. The van der Waals surface area contributed by atoms with Crippen LogP contribution in [0.15, 0.2) is 47.4 Å². The van der Waals surface area contributed by atoms with Gasteiger partial charge in [0.25, 0.3) is 0 Å². The van der Waals surface area contributed by atoms with E-state index in [-0.39, 0.29) is 24.0 Å². The molecule has 1 amide bonds. The molecule has 26 heavy (non-hydrogen) atoms. The molecule has 0 fully saturated rings. The molecule has 0 saturated carbocycles. The van der Waals surface area contributed by atoms with Crippen LogP contribution in [0.4, 0.5) is 8.78 Å². The molecule has 0 aliphatic heterocycles. The highest BCUT2D eigenvalue weighted by atomic mass is 35.5. The molecule has 0 radical (unpaired) electrons. The third kappa shape index (κ3) is 6.72. The van der Waals surface area contributed by atoms with Gasteiger partial charge in [0, 0.05) is 28.6 Å². The fraction of sp³-hybridized carbons (Fsp3) is 0.278. The molecule has 0 bridgehead atoms. The van der Waals surface area contributed by atoms with Gasteiger partial charge >= 0.3 is 6.61 Å². The summed E-state index contributed by atoms with van der Waals surface area (Å²) in [5.74, 6) is 0.684. The van der Waals surface area contributed by atoms with Crippen molar-refractivity contribution in [2.45, 2.75) is 24.5 Å². The molecule has 2 rings (SSSR count). The van der Waals surface area contributed by atoms with Gasteiger partial charge in [-0.15, -0.1) is 11.8 Å². The van der Waals surface area contributed by atoms with Crippen LogP contribution < -0.4 is 14.8 Å². The fourth-order valence-electron chi connectivity index (χ4n) is 2.10. The van der Waals surface area contributed by atoms with Crippen LogP contribution in [0.3, 0.4) is 0 Å². The Hall–Kier alpha value is -1.99. The van der Waals surface area contributed by atoms with Crippen molar-refractivity contribution in [1.82, 2.24) is 5.32 Å². The minimum absolute atomic E-state index is 0.0445. The van der Waals surface area contributed by atoms with Gasteiger partial charge in [0.1, 0.15) is 0 Å². The van der Waals surface area contributed by atoms with Gasteiger partial charge in [-0.1, -0.05) is 17.7 Å². The lowest BCUT2D eigenvalue weighted by Gasteiger charge is -2.12. The number of carbonyl (C=O) groups excluding carboxylic acids is 1. The second-order valence-electron chi connectivity index (χ2n) is 5.19. The first kappa shape index (κ1) is 20.3. The van der Waals surface area contributed by atoms with E-state index in [0.29, 0.717) is 17.2 Å². The maximum absolute atomic E-state index is 12.3. The quantitative estimate of drug-likeness (QED) is 0.616. The Kier molecular flexibility index (Phi) is 8.00. The Morgan fingerprint density at radius 2 is 1.92 bits per heavy atom. The number of thioether (sulfide) groups is 1. The van der Waals surface area contributed by atoms with E-state index in [1.165, 1.54) is 13.2 Å². The lowest BCUT2D eigenvalue weighted by atomic mass is 10.2. The molecule has 2 aromatic carbocycles. The lowest BCUT2D eigenvalue weighted by molar-refractivity contribution is -0.120. The Labute approximate surface area is 159 Å². The van der Waals surface area contributed by atoms with Gasteiger partial charge < -0.3 is 14.8 Å². The molecule has 0 aromatic heterocycles. The van der Waals surface area contributed by atoms with Crippen LogP contribution in [-0.4, -0.2) is 25.4 Å². The molecular weight excluding hydrogens is 384 g/mol. The maximum atomic E-state index is 12.3. The largest absolute Gasteiger partial charge is 0.493 e. The summed E-state index contributed by atoms with van der Waals surface area (Å²) in [5.41, 5.74) is 0.724. The summed E-state index contributed by atoms with van der Waals surface area (Å²) in [6.45, 7) is -2.65. The normalized spacial score (nSPS) is 10.7. The van der Waals surface area contributed by atoms with E-state index in [1.54, 1.807) is 36.0 Å². The van der Waals surface area contributed by atoms with Crippen molar-refractivity contribution in [2.75, 3.05) is 12.9 Å². The number of methoxy groups -OCH3 is 1. The molecule has 0 saturated heterocycles. The molecular formula is C18H18ClF2NO3S. The summed E-state index contributed by atoms with van der Waals surface area (Å²) >= 11 is 7.39. The molecule has 4 nitrogen and oxygen atoms in total. The van der Waals surface area contributed by atoms with Crippen molar-refractivity contribution in [1.29, 1.82) is 0 Å². The SMILES string of the molecule is COc1cc(CNC(=O)CCSc2ccc(Cl)cc2)ccc1OC(F)F. The highest BCUT2D eigenvalue weighted by Crippen LogP contribution is 2.29. The van der Waals surface area contributed by atoms with Crippen LogP contribution in [0, 0.1) is 0 Å². The number of halogens is 3. The number of nitrogens with one attached hydrogen (secondary N) is 1. The van der Waals surface area contributed by atoms with Crippen molar-refractivity contribution in [2.24, 2.45) is 0 Å². The number of carbonyl (C=O) groups is 1. The van der Waals surface area contributed by atoms with Gasteiger partial charge in [0.05, 0.1) is 7.11 Å². The molecule has 2 aromatic rings. The summed E-state index contributed by atoms with van der Waals surface area (Å²) in [6, 6.07) is 12.0. The minimum atomic E-state index is -2.92. The molecule has 0 aliphatic rings.